The molecule has 0 heterocycles. The molecule has 0 aromatic carbocycles. The van der Waals surface area contributed by atoms with Gasteiger partial charge in [0.2, 0.25) is 0 Å². The van der Waals surface area contributed by atoms with Crippen molar-refractivity contribution in [1.82, 2.24) is 21.3 Å². The van der Waals surface area contributed by atoms with E-state index in [1.807, 2.05) is 140 Å². The molecule has 72 heavy (non-hydrogen) atoms. The van der Waals surface area contributed by atoms with Crippen LogP contribution in [0.3, 0.4) is 0 Å². The fourth-order valence-electron chi connectivity index (χ4n) is 7.44. The van der Waals surface area contributed by atoms with Gasteiger partial charge < -0.3 is 30.7 Å². The number of urea groups is 2. The van der Waals surface area contributed by atoms with Gasteiger partial charge in [-0.25, -0.2) is 19.2 Å². The van der Waals surface area contributed by atoms with Gasteiger partial charge in [-0.2, -0.15) is 16.8 Å². The molecule has 4 amide bonds. The Balaban J connectivity index is 1.96. The number of hydrogen-bond acceptors (Lipinski definition) is 12. The lowest BCUT2D eigenvalue weighted by molar-refractivity contribution is -0.157. The molecule has 6 N–H and O–H groups in total. The second-order valence-corrected chi connectivity index (χ2v) is 22.2. The molecular weight excluding hydrogens is 969 g/mol. The summed E-state index contributed by atoms with van der Waals surface area (Å²) in [6, 6.07) is -3.94. The van der Waals surface area contributed by atoms with E-state index in [1.54, 1.807) is 13.8 Å². The van der Waals surface area contributed by atoms with Crippen LogP contribution in [0, 0.1) is 10.8 Å². The Morgan fingerprint density at radius 3 is 1.21 bits per heavy atom. The minimum atomic E-state index is -4.27. The van der Waals surface area contributed by atoms with E-state index in [0.29, 0.717) is 11.1 Å². The Morgan fingerprint density at radius 2 is 0.889 bits per heavy atom. The average Bonchev–Trinajstić information content (AvgIpc) is 3.24. The monoisotopic (exact) mass is 1040 g/mol. The molecule has 0 aromatic heterocycles. The summed E-state index contributed by atoms with van der Waals surface area (Å²) < 4.78 is 72.0. The maximum atomic E-state index is 13.3. The van der Waals surface area contributed by atoms with E-state index in [4.69, 9.17) is 18.6 Å². The van der Waals surface area contributed by atoms with Crippen LogP contribution < -0.4 is 21.3 Å². The molecule has 2 aliphatic carbocycles. The van der Waals surface area contributed by atoms with Crippen LogP contribution in [0.25, 0.3) is 0 Å². The Morgan fingerprint density at radius 1 is 0.583 bits per heavy atom. The number of Topliss-reactive ketones (excluding diaryl/α,β-unsaturated/α-hetero) is 2. The number of allylic oxidation sites excluding steroid dienone is 20. The summed E-state index contributed by atoms with van der Waals surface area (Å²) in [5.41, 5.74) is 5.38. The van der Waals surface area contributed by atoms with Gasteiger partial charge in [0, 0.05) is 25.9 Å². The summed E-state index contributed by atoms with van der Waals surface area (Å²) in [6.45, 7) is 21.0. The SMILES string of the molecule is CC1=C(/C=C/C(C)=C/C=C/C(C)=C/C=C/C=C(C)/C=C/C=C(C)/C=C/C2=C(C)C(=O)C(OC(=O)C(C)NC(=O)NCCS(=O)(=O)O)CC2(C)C)C(C)(C)CC(OC(=O)C(C)NC(=O)NCCS(=O)(=O)O)C1=O. The van der Waals surface area contributed by atoms with Gasteiger partial charge in [-0.05, 0) is 88.5 Å². The van der Waals surface area contributed by atoms with Crippen molar-refractivity contribution >= 4 is 55.8 Å². The van der Waals surface area contributed by atoms with Gasteiger partial charge >= 0.3 is 24.0 Å². The third kappa shape index (κ3) is 22.0. The minimum Gasteiger partial charge on any atom is -0.452 e. The molecule has 0 fully saturated rings. The van der Waals surface area contributed by atoms with E-state index >= 15 is 0 Å². The van der Waals surface area contributed by atoms with E-state index in [2.05, 4.69) is 21.3 Å². The Bertz CT molecular complexity index is 2480. The zero-order valence-corrected chi connectivity index (χ0v) is 44.9. The largest absolute Gasteiger partial charge is 0.452 e. The van der Waals surface area contributed by atoms with Crippen LogP contribution in [0.1, 0.15) is 95.9 Å². The third-order valence-electron chi connectivity index (χ3n) is 11.5. The molecule has 4 unspecified atom stereocenters. The number of hydrogen-bond donors (Lipinski definition) is 6. The van der Waals surface area contributed by atoms with Gasteiger partial charge in [0.05, 0.1) is 11.5 Å². The molecule has 20 heteroatoms. The van der Waals surface area contributed by atoms with Crippen molar-refractivity contribution in [1.29, 1.82) is 0 Å². The molecule has 2 rings (SSSR count). The number of carbonyl (C=O) groups excluding carboxylic acids is 6. The molecule has 0 bridgehead atoms. The molecular formula is C52H72N4O14S2. The first-order chi connectivity index (χ1) is 33.2. The summed E-state index contributed by atoms with van der Waals surface area (Å²) in [5, 5.41) is 9.10. The number of rotatable bonds is 22. The van der Waals surface area contributed by atoms with E-state index in [1.165, 1.54) is 13.8 Å². The van der Waals surface area contributed by atoms with Crippen molar-refractivity contribution in [3.05, 3.63) is 130 Å². The highest BCUT2D eigenvalue weighted by molar-refractivity contribution is 7.86. The fourth-order valence-corrected chi connectivity index (χ4v) is 8.16. The van der Waals surface area contributed by atoms with Crippen LogP contribution in [0.2, 0.25) is 0 Å². The van der Waals surface area contributed by atoms with E-state index in [9.17, 15) is 45.6 Å². The minimum absolute atomic E-state index is 0.223. The number of ketones is 2. The predicted octanol–water partition coefficient (Wildman–Crippen LogP) is 7.16. The topological polar surface area (TPSA) is 278 Å². The van der Waals surface area contributed by atoms with Gasteiger partial charge in [-0.15, -0.1) is 0 Å². The van der Waals surface area contributed by atoms with Gasteiger partial charge in [0.1, 0.15) is 12.1 Å². The molecule has 0 spiro atoms. The van der Waals surface area contributed by atoms with Crippen molar-refractivity contribution in [3.8, 4) is 0 Å². The van der Waals surface area contributed by atoms with Gasteiger partial charge in [0.15, 0.2) is 23.8 Å². The zero-order chi connectivity index (χ0) is 54.8. The van der Waals surface area contributed by atoms with Gasteiger partial charge in [-0.1, -0.05) is 135 Å². The van der Waals surface area contributed by atoms with E-state index < -0.39 is 90.9 Å². The lowest BCUT2D eigenvalue weighted by Gasteiger charge is -2.36. The van der Waals surface area contributed by atoms with Crippen molar-refractivity contribution in [2.24, 2.45) is 10.8 Å². The lowest BCUT2D eigenvalue weighted by Crippen LogP contribution is -2.48. The highest BCUT2D eigenvalue weighted by atomic mass is 32.2. The Hall–Kier alpha value is -6.22. The first kappa shape index (κ1) is 61.9. The van der Waals surface area contributed by atoms with Crippen LogP contribution in [0.15, 0.2) is 130 Å². The quantitative estimate of drug-likeness (QED) is 0.0357. The molecule has 0 radical (unpaired) electrons. The second kappa shape index (κ2) is 27.6. The summed E-state index contributed by atoms with van der Waals surface area (Å²) in [7, 11) is -8.53. The summed E-state index contributed by atoms with van der Waals surface area (Å²) in [5.74, 6) is -3.72. The standard InChI is InChI=1S/C52H72N4O14S2/c1-33(19-15-21-35(3)23-25-41-37(5)45(57)43(31-51(41,9)10)69-47(59)39(7)55-49(61)53-27-29-71(63,64)65)17-13-14-18-34(2)20-16-22-36(4)24-26-42-38(6)46(58)44(32-52(42,11)12)70-48(60)40(8)56-50(62)54-28-30-72(66,67)68/h13-26,39-40,43-44H,27-32H2,1-12H3,(H2,53,55,61)(H2,54,56,62)(H,63,64,65)(H,66,67,68)/b14-13+,19-15+,20-16+,25-23+,26-24+,33-17+,34-18+,35-21+,36-22+. The Labute approximate surface area is 424 Å². The number of amides is 4. The van der Waals surface area contributed by atoms with Crippen molar-refractivity contribution in [2.45, 2.75) is 120 Å². The molecule has 4 atom stereocenters. The van der Waals surface area contributed by atoms with Crippen molar-refractivity contribution in [3.63, 3.8) is 0 Å². The van der Waals surface area contributed by atoms with Crippen LogP contribution >= 0.6 is 0 Å². The summed E-state index contributed by atoms with van der Waals surface area (Å²) in [4.78, 5) is 76.1. The van der Waals surface area contributed by atoms with Crippen LogP contribution in [0.4, 0.5) is 9.59 Å². The average molecular weight is 1040 g/mol. The number of nitrogens with one attached hydrogen (secondary N) is 4. The highest BCUT2D eigenvalue weighted by Gasteiger charge is 2.42. The molecule has 0 saturated carbocycles. The number of carbonyl (C=O) groups is 6. The first-order valence-electron chi connectivity index (χ1n) is 23.2. The summed E-state index contributed by atoms with van der Waals surface area (Å²) >= 11 is 0. The number of ether oxygens (including phenoxy) is 2. The molecule has 396 valence electrons. The summed E-state index contributed by atoms with van der Waals surface area (Å²) in [6.07, 6.45) is 25.5. The van der Waals surface area contributed by atoms with E-state index in [0.717, 1.165) is 33.4 Å². The highest BCUT2D eigenvalue weighted by Crippen LogP contribution is 2.42. The van der Waals surface area contributed by atoms with Gasteiger partial charge in [0.25, 0.3) is 20.2 Å². The normalized spacial score (nSPS) is 20.5. The maximum absolute atomic E-state index is 13.3. The first-order valence-corrected chi connectivity index (χ1v) is 26.4. The van der Waals surface area contributed by atoms with Crippen LogP contribution in [0.5, 0.6) is 0 Å². The van der Waals surface area contributed by atoms with Crippen LogP contribution in [-0.2, 0) is 48.9 Å². The molecule has 18 nitrogen and oxygen atoms in total. The zero-order valence-electron chi connectivity index (χ0n) is 43.2. The van der Waals surface area contributed by atoms with Crippen LogP contribution in [-0.4, -0.2) is 110 Å². The maximum Gasteiger partial charge on any atom is 0.329 e. The number of esters is 2. The van der Waals surface area contributed by atoms with E-state index in [-0.39, 0.29) is 37.5 Å². The predicted molar refractivity (Wildman–Crippen MR) is 278 cm³/mol. The molecule has 2 aliphatic rings. The Kier molecular flexibility index (Phi) is 23.7. The molecule has 0 aliphatic heterocycles. The fraction of sp³-hybridized carbons (Fsp3) is 0.462. The molecule has 0 saturated heterocycles. The smallest absolute Gasteiger partial charge is 0.329 e. The van der Waals surface area contributed by atoms with Gasteiger partial charge in [-0.3, -0.25) is 18.7 Å². The third-order valence-corrected chi connectivity index (χ3v) is 12.9. The second-order valence-electron chi connectivity index (χ2n) is 19.1. The van der Waals surface area contributed by atoms with Crippen molar-refractivity contribution < 1.29 is 64.2 Å². The lowest BCUT2D eigenvalue weighted by atomic mass is 9.71. The van der Waals surface area contributed by atoms with Crippen molar-refractivity contribution in [2.75, 3.05) is 24.6 Å². The molecule has 0 aromatic rings.